The van der Waals surface area contributed by atoms with Crippen LogP contribution in [0.1, 0.15) is 24.8 Å². The molecule has 0 amide bonds. The summed E-state index contributed by atoms with van der Waals surface area (Å²) in [6.45, 7) is 2.10. The summed E-state index contributed by atoms with van der Waals surface area (Å²) >= 11 is 0. The quantitative estimate of drug-likeness (QED) is 0.822. The lowest BCUT2D eigenvalue weighted by Crippen LogP contribution is -2.31. The molecule has 1 fully saturated rings. The SMILES string of the molecule is Cn1cc(CC(=O)CC2CCCNC2)cn1. The van der Waals surface area contributed by atoms with Crippen LogP contribution in [0, 0.1) is 5.92 Å². The van der Waals surface area contributed by atoms with Gasteiger partial charge in [0, 0.05) is 26.1 Å². The van der Waals surface area contributed by atoms with Crippen molar-refractivity contribution in [3.05, 3.63) is 18.0 Å². The van der Waals surface area contributed by atoms with Gasteiger partial charge in [0.05, 0.1) is 6.20 Å². The number of rotatable bonds is 4. The van der Waals surface area contributed by atoms with Crippen molar-refractivity contribution in [2.45, 2.75) is 25.7 Å². The van der Waals surface area contributed by atoms with Gasteiger partial charge in [-0.05, 0) is 37.4 Å². The third-order valence-electron chi connectivity index (χ3n) is 3.07. The zero-order valence-electron chi connectivity index (χ0n) is 9.78. The molecule has 1 unspecified atom stereocenters. The minimum absolute atomic E-state index is 0.335. The standard InChI is InChI=1S/C12H19N3O/c1-15-9-11(8-14-15)6-12(16)5-10-3-2-4-13-7-10/h8-10,13H,2-7H2,1H3. The molecule has 1 N–H and O–H groups in total. The third kappa shape index (κ3) is 3.17. The summed E-state index contributed by atoms with van der Waals surface area (Å²) in [6, 6.07) is 0. The second-order valence-electron chi connectivity index (χ2n) is 4.65. The number of carbonyl (C=O) groups is 1. The number of Topliss-reactive ketones (excluding diaryl/α,β-unsaturated/α-hetero) is 1. The highest BCUT2D eigenvalue weighted by Crippen LogP contribution is 2.15. The van der Waals surface area contributed by atoms with E-state index in [1.165, 1.54) is 12.8 Å². The first-order chi connectivity index (χ1) is 7.74. The van der Waals surface area contributed by atoms with Crippen LogP contribution in [-0.4, -0.2) is 28.7 Å². The summed E-state index contributed by atoms with van der Waals surface area (Å²) in [7, 11) is 1.87. The van der Waals surface area contributed by atoms with Gasteiger partial charge in [-0.1, -0.05) is 0 Å². The van der Waals surface area contributed by atoms with Gasteiger partial charge in [0.1, 0.15) is 5.78 Å². The number of nitrogens with one attached hydrogen (secondary N) is 1. The molecule has 0 aromatic carbocycles. The summed E-state index contributed by atoms with van der Waals surface area (Å²) in [5, 5.41) is 7.41. The zero-order valence-corrected chi connectivity index (χ0v) is 9.78. The second kappa shape index (κ2) is 5.25. The second-order valence-corrected chi connectivity index (χ2v) is 4.65. The van der Waals surface area contributed by atoms with E-state index in [2.05, 4.69) is 10.4 Å². The minimum atomic E-state index is 0.335. The molecule has 16 heavy (non-hydrogen) atoms. The maximum Gasteiger partial charge on any atom is 0.137 e. The summed E-state index contributed by atoms with van der Waals surface area (Å²) < 4.78 is 1.74. The Morgan fingerprint density at radius 1 is 1.69 bits per heavy atom. The first-order valence-corrected chi connectivity index (χ1v) is 5.94. The first kappa shape index (κ1) is 11.3. The molecule has 4 heteroatoms. The molecule has 0 bridgehead atoms. The Morgan fingerprint density at radius 2 is 2.56 bits per heavy atom. The first-order valence-electron chi connectivity index (χ1n) is 5.94. The third-order valence-corrected chi connectivity index (χ3v) is 3.07. The van der Waals surface area contributed by atoms with Crippen LogP contribution in [0.4, 0.5) is 0 Å². The monoisotopic (exact) mass is 221 g/mol. The van der Waals surface area contributed by atoms with E-state index in [0.29, 0.717) is 24.5 Å². The normalized spacial score (nSPS) is 20.9. The van der Waals surface area contributed by atoms with Crippen LogP contribution in [0.15, 0.2) is 12.4 Å². The van der Waals surface area contributed by atoms with Crippen LogP contribution < -0.4 is 5.32 Å². The molecule has 1 aromatic rings. The average Bonchev–Trinajstić information content (AvgIpc) is 2.65. The molecule has 4 nitrogen and oxygen atoms in total. The van der Waals surface area contributed by atoms with E-state index in [1.54, 1.807) is 10.9 Å². The number of hydrogen-bond donors (Lipinski definition) is 1. The van der Waals surface area contributed by atoms with Crippen molar-refractivity contribution in [1.82, 2.24) is 15.1 Å². The van der Waals surface area contributed by atoms with Crippen LogP contribution in [-0.2, 0) is 18.3 Å². The number of aryl methyl sites for hydroxylation is 1. The predicted octanol–water partition coefficient (Wildman–Crippen LogP) is 0.921. The van der Waals surface area contributed by atoms with Gasteiger partial charge in [-0.15, -0.1) is 0 Å². The highest BCUT2D eigenvalue weighted by atomic mass is 16.1. The Kier molecular flexibility index (Phi) is 3.72. The predicted molar refractivity (Wildman–Crippen MR) is 62.1 cm³/mol. The lowest BCUT2D eigenvalue weighted by atomic mass is 9.92. The molecule has 1 aromatic heterocycles. The van der Waals surface area contributed by atoms with Gasteiger partial charge in [0.25, 0.3) is 0 Å². The maximum absolute atomic E-state index is 11.8. The fraction of sp³-hybridized carbons (Fsp3) is 0.667. The van der Waals surface area contributed by atoms with Crippen molar-refractivity contribution in [1.29, 1.82) is 0 Å². The topological polar surface area (TPSA) is 46.9 Å². The highest BCUT2D eigenvalue weighted by Gasteiger charge is 2.17. The van der Waals surface area contributed by atoms with E-state index in [4.69, 9.17) is 0 Å². The van der Waals surface area contributed by atoms with Crippen LogP contribution in [0.3, 0.4) is 0 Å². The molecular weight excluding hydrogens is 202 g/mol. The minimum Gasteiger partial charge on any atom is -0.316 e. The summed E-state index contributed by atoms with van der Waals surface area (Å²) in [5.41, 5.74) is 1.02. The van der Waals surface area contributed by atoms with Crippen LogP contribution in [0.2, 0.25) is 0 Å². The summed E-state index contributed by atoms with van der Waals surface area (Å²) in [4.78, 5) is 11.8. The number of hydrogen-bond acceptors (Lipinski definition) is 3. The number of carbonyl (C=O) groups excluding carboxylic acids is 1. The van der Waals surface area contributed by atoms with E-state index in [9.17, 15) is 4.79 Å². The van der Waals surface area contributed by atoms with Gasteiger partial charge >= 0.3 is 0 Å². The number of nitrogens with zero attached hydrogens (tertiary/aromatic N) is 2. The van der Waals surface area contributed by atoms with E-state index in [1.807, 2.05) is 13.2 Å². The zero-order chi connectivity index (χ0) is 11.4. The number of aromatic nitrogens is 2. The van der Waals surface area contributed by atoms with Crippen molar-refractivity contribution in [2.75, 3.05) is 13.1 Å². The molecule has 2 rings (SSSR count). The molecule has 0 aliphatic carbocycles. The molecule has 1 atom stereocenters. The fourth-order valence-corrected chi connectivity index (χ4v) is 2.28. The Bertz CT molecular complexity index is 353. The Balaban J connectivity index is 1.79. The van der Waals surface area contributed by atoms with Gasteiger partial charge in [-0.25, -0.2) is 0 Å². The molecule has 0 radical (unpaired) electrons. The summed E-state index contributed by atoms with van der Waals surface area (Å²) in [5.74, 6) is 0.875. The van der Waals surface area contributed by atoms with Gasteiger partial charge in [0.15, 0.2) is 0 Å². The van der Waals surface area contributed by atoms with Crippen molar-refractivity contribution in [3.63, 3.8) is 0 Å². The average molecular weight is 221 g/mol. The van der Waals surface area contributed by atoms with Crippen molar-refractivity contribution in [3.8, 4) is 0 Å². The lowest BCUT2D eigenvalue weighted by Gasteiger charge is -2.21. The van der Waals surface area contributed by atoms with Gasteiger partial charge in [0.2, 0.25) is 0 Å². The highest BCUT2D eigenvalue weighted by molar-refractivity contribution is 5.80. The molecule has 1 aliphatic rings. The van der Waals surface area contributed by atoms with Gasteiger partial charge < -0.3 is 5.32 Å². The Morgan fingerprint density at radius 3 is 3.19 bits per heavy atom. The van der Waals surface area contributed by atoms with E-state index >= 15 is 0 Å². The summed E-state index contributed by atoms with van der Waals surface area (Å²) in [6.07, 6.45) is 7.32. The van der Waals surface area contributed by atoms with E-state index in [-0.39, 0.29) is 0 Å². The van der Waals surface area contributed by atoms with Gasteiger partial charge in [-0.3, -0.25) is 9.48 Å². The molecule has 1 aliphatic heterocycles. The molecule has 1 saturated heterocycles. The lowest BCUT2D eigenvalue weighted by molar-refractivity contribution is -0.119. The van der Waals surface area contributed by atoms with Crippen LogP contribution >= 0.6 is 0 Å². The molecule has 88 valence electrons. The van der Waals surface area contributed by atoms with E-state index in [0.717, 1.165) is 18.7 Å². The van der Waals surface area contributed by atoms with Crippen molar-refractivity contribution in [2.24, 2.45) is 13.0 Å². The molecule has 0 saturated carbocycles. The molecule has 2 heterocycles. The Labute approximate surface area is 96.0 Å². The van der Waals surface area contributed by atoms with E-state index < -0.39 is 0 Å². The van der Waals surface area contributed by atoms with Crippen LogP contribution in [0.5, 0.6) is 0 Å². The smallest absolute Gasteiger partial charge is 0.137 e. The van der Waals surface area contributed by atoms with Crippen molar-refractivity contribution >= 4 is 5.78 Å². The largest absolute Gasteiger partial charge is 0.316 e. The van der Waals surface area contributed by atoms with Crippen LogP contribution in [0.25, 0.3) is 0 Å². The molecular formula is C12H19N3O. The number of piperidine rings is 1. The van der Waals surface area contributed by atoms with Gasteiger partial charge in [-0.2, -0.15) is 5.10 Å². The fourth-order valence-electron chi connectivity index (χ4n) is 2.28. The van der Waals surface area contributed by atoms with Crippen molar-refractivity contribution < 1.29 is 4.79 Å². The number of ketones is 1. The molecule has 0 spiro atoms. The Hall–Kier alpha value is -1.16. The maximum atomic E-state index is 11.8.